The Morgan fingerprint density at radius 3 is 3.00 bits per heavy atom. The summed E-state index contributed by atoms with van der Waals surface area (Å²) in [5, 5.41) is 8.67. The van der Waals surface area contributed by atoms with Crippen molar-refractivity contribution in [2.45, 2.75) is 18.9 Å². The molecule has 1 aromatic carbocycles. The zero-order chi connectivity index (χ0) is 11.5. The van der Waals surface area contributed by atoms with Gasteiger partial charge in [-0.2, -0.15) is 5.26 Å². The third-order valence-corrected chi connectivity index (χ3v) is 3.04. The van der Waals surface area contributed by atoms with Crippen molar-refractivity contribution >= 4 is 5.69 Å². The lowest BCUT2D eigenvalue weighted by atomic mass is 10.1. The lowest BCUT2D eigenvalue weighted by molar-refractivity contribution is 0.606. The first-order valence-corrected chi connectivity index (χ1v) is 5.42. The molecule has 3 nitrogen and oxygen atoms in total. The molecule has 4 heteroatoms. The highest BCUT2D eigenvalue weighted by Crippen LogP contribution is 2.27. The van der Waals surface area contributed by atoms with Crippen molar-refractivity contribution in [2.24, 2.45) is 5.73 Å². The van der Waals surface area contributed by atoms with E-state index in [1.807, 2.05) is 11.0 Å². The fourth-order valence-electron chi connectivity index (χ4n) is 2.21. The zero-order valence-corrected chi connectivity index (χ0v) is 8.99. The van der Waals surface area contributed by atoms with E-state index in [4.69, 9.17) is 11.0 Å². The fourth-order valence-corrected chi connectivity index (χ4v) is 2.21. The number of hydrogen-bond acceptors (Lipinski definition) is 3. The molecule has 1 saturated heterocycles. The van der Waals surface area contributed by atoms with E-state index in [1.54, 1.807) is 12.1 Å². The van der Waals surface area contributed by atoms with Crippen LogP contribution in [-0.2, 0) is 0 Å². The van der Waals surface area contributed by atoms with Crippen molar-refractivity contribution in [2.75, 3.05) is 18.0 Å². The van der Waals surface area contributed by atoms with Crippen LogP contribution in [0.4, 0.5) is 10.1 Å². The molecule has 1 aliphatic rings. The van der Waals surface area contributed by atoms with Crippen LogP contribution < -0.4 is 10.6 Å². The van der Waals surface area contributed by atoms with Crippen LogP contribution in [-0.4, -0.2) is 19.1 Å². The Morgan fingerprint density at radius 1 is 1.56 bits per heavy atom. The maximum atomic E-state index is 13.8. The second-order valence-electron chi connectivity index (χ2n) is 4.00. The molecule has 0 aromatic heterocycles. The number of hydrogen-bond donors (Lipinski definition) is 1. The van der Waals surface area contributed by atoms with Crippen LogP contribution in [0.3, 0.4) is 0 Å². The third kappa shape index (κ3) is 1.86. The summed E-state index contributed by atoms with van der Waals surface area (Å²) in [6, 6.07) is 6.74. The molecule has 0 radical (unpaired) electrons. The highest BCUT2D eigenvalue weighted by Gasteiger charge is 2.25. The average Bonchev–Trinajstić information content (AvgIpc) is 2.76. The summed E-state index contributed by atoms with van der Waals surface area (Å²) in [5.41, 5.74) is 6.56. The Labute approximate surface area is 94.3 Å². The van der Waals surface area contributed by atoms with E-state index in [0.29, 0.717) is 17.8 Å². The molecule has 0 spiro atoms. The molecular weight excluding hydrogens is 205 g/mol. The van der Waals surface area contributed by atoms with Crippen molar-refractivity contribution in [1.82, 2.24) is 0 Å². The number of nitriles is 1. The monoisotopic (exact) mass is 219 g/mol. The topological polar surface area (TPSA) is 53.0 Å². The van der Waals surface area contributed by atoms with Crippen LogP contribution in [0, 0.1) is 17.1 Å². The summed E-state index contributed by atoms with van der Waals surface area (Å²) in [7, 11) is 0. The highest BCUT2D eigenvalue weighted by molar-refractivity contribution is 5.52. The van der Waals surface area contributed by atoms with Gasteiger partial charge in [0.15, 0.2) is 0 Å². The lowest BCUT2D eigenvalue weighted by Crippen LogP contribution is -2.35. The Balaban J connectivity index is 2.30. The van der Waals surface area contributed by atoms with Crippen LogP contribution in [0.1, 0.15) is 18.4 Å². The van der Waals surface area contributed by atoms with E-state index in [-0.39, 0.29) is 11.9 Å². The Hall–Kier alpha value is -1.60. The molecule has 1 atom stereocenters. The van der Waals surface area contributed by atoms with Gasteiger partial charge in [0, 0.05) is 19.1 Å². The number of benzene rings is 1. The summed E-state index contributed by atoms with van der Waals surface area (Å²) in [5.74, 6) is -0.334. The van der Waals surface area contributed by atoms with Crippen molar-refractivity contribution in [3.63, 3.8) is 0 Å². The number of nitrogens with two attached hydrogens (primary N) is 1. The molecule has 0 aliphatic carbocycles. The lowest BCUT2D eigenvalue weighted by Gasteiger charge is -2.26. The van der Waals surface area contributed by atoms with Gasteiger partial charge in [-0.05, 0) is 31.0 Å². The van der Waals surface area contributed by atoms with E-state index in [0.717, 1.165) is 19.4 Å². The minimum Gasteiger partial charge on any atom is -0.365 e. The van der Waals surface area contributed by atoms with Gasteiger partial charge < -0.3 is 10.6 Å². The van der Waals surface area contributed by atoms with Crippen LogP contribution >= 0.6 is 0 Å². The van der Waals surface area contributed by atoms with Gasteiger partial charge in [0.05, 0.1) is 17.3 Å². The normalized spacial score (nSPS) is 19.8. The predicted octanol–water partition coefficient (Wildman–Crippen LogP) is 1.62. The molecule has 0 amide bonds. The summed E-state index contributed by atoms with van der Waals surface area (Å²) in [6.45, 7) is 1.38. The molecule has 2 rings (SSSR count). The van der Waals surface area contributed by atoms with Crippen molar-refractivity contribution in [3.8, 4) is 6.07 Å². The average molecular weight is 219 g/mol. The number of nitrogens with zero attached hydrogens (tertiary/aromatic N) is 2. The quantitative estimate of drug-likeness (QED) is 0.822. The molecule has 1 aromatic rings. The molecule has 84 valence electrons. The second kappa shape index (κ2) is 4.50. The molecule has 1 unspecified atom stereocenters. The zero-order valence-electron chi connectivity index (χ0n) is 8.99. The number of rotatable bonds is 2. The van der Waals surface area contributed by atoms with Crippen LogP contribution in [0.25, 0.3) is 0 Å². The predicted molar refractivity (Wildman–Crippen MR) is 60.5 cm³/mol. The van der Waals surface area contributed by atoms with Gasteiger partial charge in [-0.3, -0.25) is 0 Å². The molecule has 0 saturated carbocycles. The van der Waals surface area contributed by atoms with E-state index in [1.165, 1.54) is 6.07 Å². The van der Waals surface area contributed by atoms with E-state index in [9.17, 15) is 4.39 Å². The fraction of sp³-hybridized carbons (Fsp3) is 0.417. The maximum Gasteiger partial charge on any atom is 0.147 e. The smallest absolute Gasteiger partial charge is 0.147 e. The first-order chi connectivity index (χ1) is 7.76. The van der Waals surface area contributed by atoms with Crippen LogP contribution in [0.5, 0.6) is 0 Å². The molecule has 16 heavy (non-hydrogen) atoms. The van der Waals surface area contributed by atoms with E-state index < -0.39 is 0 Å². The van der Waals surface area contributed by atoms with Gasteiger partial charge >= 0.3 is 0 Å². The molecule has 2 N–H and O–H groups in total. The first kappa shape index (κ1) is 10.9. The van der Waals surface area contributed by atoms with Crippen LogP contribution in [0.15, 0.2) is 18.2 Å². The molecule has 0 bridgehead atoms. The van der Waals surface area contributed by atoms with Gasteiger partial charge in [0.25, 0.3) is 0 Å². The summed E-state index contributed by atoms with van der Waals surface area (Å²) < 4.78 is 13.8. The van der Waals surface area contributed by atoms with E-state index >= 15 is 0 Å². The maximum absolute atomic E-state index is 13.8. The summed E-state index contributed by atoms with van der Waals surface area (Å²) >= 11 is 0. The van der Waals surface area contributed by atoms with E-state index in [2.05, 4.69) is 0 Å². The summed E-state index contributed by atoms with van der Waals surface area (Å²) in [4.78, 5) is 2.00. The third-order valence-electron chi connectivity index (χ3n) is 3.04. The van der Waals surface area contributed by atoms with Gasteiger partial charge in [-0.15, -0.1) is 0 Å². The van der Waals surface area contributed by atoms with Crippen LogP contribution in [0.2, 0.25) is 0 Å². The molecule has 1 fully saturated rings. The van der Waals surface area contributed by atoms with Crippen molar-refractivity contribution < 1.29 is 4.39 Å². The van der Waals surface area contributed by atoms with Gasteiger partial charge in [0.2, 0.25) is 0 Å². The van der Waals surface area contributed by atoms with Crippen molar-refractivity contribution in [1.29, 1.82) is 5.26 Å². The minimum atomic E-state index is -0.334. The Morgan fingerprint density at radius 2 is 2.38 bits per heavy atom. The Kier molecular flexibility index (Phi) is 3.07. The molecular formula is C12H14FN3. The number of halogens is 1. The SMILES string of the molecule is N#Cc1ccc(N2CCCC2CN)c(F)c1. The molecule has 1 heterocycles. The molecule has 1 aliphatic heterocycles. The van der Waals surface area contributed by atoms with Crippen molar-refractivity contribution in [3.05, 3.63) is 29.6 Å². The number of anilines is 1. The second-order valence-corrected chi connectivity index (χ2v) is 4.00. The summed E-state index contributed by atoms with van der Waals surface area (Å²) in [6.07, 6.45) is 2.05. The standard InChI is InChI=1S/C12H14FN3/c13-11-6-9(7-14)3-4-12(11)16-5-1-2-10(16)8-15/h3-4,6,10H,1-2,5,8,15H2. The minimum absolute atomic E-state index is 0.224. The van der Waals surface area contributed by atoms with Gasteiger partial charge in [0.1, 0.15) is 5.82 Å². The Bertz CT molecular complexity index is 425. The largest absolute Gasteiger partial charge is 0.365 e. The van der Waals surface area contributed by atoms with Gasteiger partial charge in [-0.25, -0.2) is 4.39 Å². The first-order valence-electron chi connectivity index (χ1n) is 5.42. The highest BCUT2D eigenvalue weighted by atomic mass is 19.1. The van der Waals surface area contributed by atoms with Gasteiger partial charge in [-0.1, -0.05) is 0 Å².